The number of benzene rings is 1. The summed E-state index contributed by atoms with van der Waals surface area (Å²) in [6.45, 7) is 7.68. The molecule has 2 saturated heterocycles. The van der Waals surface area contributed by atoms with Crippen LogP contribution in [0.5, 0.6) is 5.75 Å². The van der Waals surface area contributed by atoms with Gasteiger partial charge in [0.2, 0.25) is 5.91 Å². The molecule has 0 radical (unpaired) electrons. The van der Waals surface area contributed by atoms with E-state index in [9.17, 15) is 4.79 Å². The molecule has 0 spiro atoms. The highest BCUT2D eigenvalue weighted by molar-refractivity contribution is 14.0. The second-order valence-corrected chi connectivity index (χ2v) is 8.35. The molecular weight excluding hydrogens is 505 g/mol. The summed E-state index contributed by atoms with van der Waals surface area (Å²) >= 11 is 0. The molecule has 2 unspecified atom stereocenters. The molecule has 2 heterocycles. The van der Waals surface area contributed by atoms with Crippen LogP contribution < -0.4 is 15.8 Å². The van der Waals surface area contributed by atoms with Crippen LogP contribution in [0.2, 0.25) is 0 Å². The average molecular weight is 543 g/mol. The van der Waals surface area contributed by atoms with Crippen molar-refractivity contribution in [3.8, 4) is 5.75 Å². The standard InChI is InChI=1S/C23H37N5O2.HI/c1-3-25-23(28-14-6-7-18(17-28)15-22(24)29)26-16-21(27-12-4-5-13-27)19-8-10-20(30-2)11-9-19;/h8-11,18,21H,3-7,12-17H2,1-2H3,(H2,24,29)(H,25,26);1H. The second kappa shape index (κ2) is 13.1. The Kier molecular flexibility index (Phi) is 10.9. The van der Waals surface area contributed by atoms with Crippen LogP contribution in [0.15, 0.2) is 29.3 Å². The van der Waals surface area contributed by atoms with Crippen LogP contribution >= 0.6 is 24.0 Å². The van der Waals surface area contributed by atoms with E-state index in [1.807, 2.05) is 12.1 Å². The number of hydrogen-bond acceptors (Lipinski definition) is 4. The first-order chi connectivity index (χ1) is 14.6. The number of aliphatic imine (C=N–C) groups is 1. The summed E-state index contributed by atoms with van der Waals surface area (Å²) in [5, 5.41) is 3.46. The third-order valence-corrected chi connectivity index (χ3v) is 6.14. The number of rotatable bonds is 8. The Morgan fingerprint density at radius 3 is 2.55 bits per heavy atom. The SMILES string of the molecule is CCNC(=NCC(c1ccc(OC)cc1)N1CCCC1)N1CCCC(CC(N)=O)C1.I. The van der Waals surface area contributed by atoms with Gasteiger partial charge in [0, 0.05) is 26.1 Å². The molecule has 31 heavy (non-hydrogen) atoms. The topological polar surface area (TPSA) is 83.2 Å². The van der Waals surface area contributed by atoms with Gasteiger partial charge in [-0.25, -0.2) is 0 Å². The number of primary amides is 1. The maximum absolute atomic E-state index is 11.4. The Balaban J connectivity index is 0.00000341. The molecule has 1 aromatic rings. The van der Waals surface area contributed by atoms with Crippen LogP contribution in [0.4, 0.5) is 0 Å². The molecule has 0 aromatic heterocycles. The number of halogens is 1. The van der Waals surface area contributed by atoms with Gasteiger partial charge in [-0.2, -0.15) is 0 Å². The number of nitrogens with one attached hydrogen (secondary N) is 1. The highest BCUT2D eigenvalue weighted by Gasteiger charge is 2.26. The van der Waals surface area contributed by atoms with Crippen LogP contribution in [0.25, 0.3) is 0 Å². The molecule has 1 amide bonds. The summed E-state index contributed by atoms with van der Waals surface area (Å²) in [5.74, 6) is 1.93. The average Bonchev–Trinajstić information content (AvgIpc) is 3.28. The van der Waals surface area contributed by atoms with Gasteiger partial charge in [0.25, 0.3) is 0 Å². The van der Waals surface area contributed by atoms with E-state index in [1.165, 1.54) is 18.4 Å². The van der Waals surface area contributed by atoms with Crippen molar-refractivity contribution in [3.05, 3.63) is 29.8 Å². The maximum Gasteiger partial charge on any atom is 0.217 e. The highest BCUT2D eigenvalue weighted by atomic mass is 127. The van der Waals surface area contributed by atoms with E-state index in [1.54, 1.807) is 7.11 Å². The van der Waals surface area contributed by atoms with Gasteiger partial charge in [-0.1, -0.05) is 12.1 Å². The fourth-order valence-corrected chi connectivity index (χ4v) is 4.62. The third-order valence-electron chi connectivity index (χ3n) is 6.14. The number of nitrogens with two attached hydrogens (primary N) is 1. The predicted octanol–water partition coefficient (Wildman–Crippen LogP) is 3.00. The number of piperidine rings is 1. The van der Waals surface area contributed by atoms with Crippen molar-refractivity contribution in [2.75, 3.05) is 46.4 Å². The Hall–Kier alpha value is -1.55. The number of guanidine groups is 1. The van der Waals surface area contributed by atoms with E-state index >= 15 is 0 Å². The second-order valence-electron chi connectivity index (χ2n) is 8.35. The largest absolute Gasteiger partial charge is 0.497 e. The van der Waals surface area contributed by atoms with Crippen LogP contribution in [-0.4, -0.2) is 68.0 Å². The molecule has 0 bridgehead atoms. The van der Waals surface area contributed by atoms with Crippen LogP contribution in [0.3, 0.4) is 0 Å². The lowest BCUT2D eigenvalue weighted by Gasteiger charge is -2.35. The van der Waals surface area contributed by atoms with E-state index in [-0.39, 0.29) is 35.9 Å². The molecule has 7 nitrogen and oxygen atoms in total. The van der Waals surface area contributed by atoms with Crippen LogP contribution in [0, 0.1) is 5.92 Å². The number of carbonyl (C=O) groups excluding carboxylic acids is 1. The van der Waals surface area contributed by atoms with Gasteiger partial charge in [-0.05, 0) is 69.3 Å². The van der Waals surface area contributed by atoms with Crippen molar-refractivity contribution >= 4 is 35.8 Å². The molecule has 1 aromatic carbocycles. The molecule has 2 aliphatic rings. The monoisotopic (exact) mass is 543 g/mol. The first-order valence-electron chi connectivity index (χ1n) is 11.3. The molecule has 0 aliphatic carbocycles. The number of carbonyl (C=O) groups is 1. The molecule has 2 fully saturated rings. The molecule has 2 aliphatic heterocycles. The summed E-state index contributed by atoms with van der Waals surface area (Å²) < 4.78 is 5.33. The first kappa shape index (κ1) is 25.7. The molecule has 174 valence electrons. The fourth-order valence-electron chi connectivity index (χ4n) is 4.62. The number of ether oxygens (including phenoxy) is 1. The normalized spacial score (nSPS) is 20.8. The Bertz CT molecular complexity index is 706. The van der Waals surface area contributed by atoms with E-state index in [0.29, 0.717) is 18.9 Å². The minimum atomic E-state index is -0.211. The highest BCUT2D eigenvalue weighted by Crippen LogP contribution is 2.27. The zero-order valence-electron chi connectivity index (χ0n) is 18.9. The summed E-state index contributed by atoms with van der Waals surface area (Å²) in [5.41, 5.74) is 6.72. The minimum Gasteiger partial charge on any atom is -0.497 e. The van der Waals surface area contributed by atoms with Gasteiger partial charge in [-0.15, -0.1) is 24.0 Å². The molecule has 2 atom stereocenters. The Morgan fingerprint density at radius 1 is 1.23 bits per heavy atom. The number of likely N-dealkylation sites (tertiary alicyclic amines) is 2. The van der Waals surface area contributed by atoms with E-state index < -0.39 is 0 Å². The zero-order chi connectivity index (χ0) is 21.3. The minimum absolute atomic E-state index is 0. The lowest BCUT2D eigenvalue weighted by atomic mass is 9.95. The van der Waals surface area contributed by atoms with Gasteiger partial charge in [0.05, 0.1) is 19.7 Å². The first-order valence-corrected chi connectivity index (χ1v) is 11.3. The van der Waals surface area contributed by atoms with Gasteiger partial charge < -0.3 is 20.7 Å². The van der Waals surface area contributed by atoms with Gasteiger partial charge in [0.1, 0.15) is 5.75 Å². The number of methoxy groups -OCH3 is 1. The summed E-state index contributed by atoms with van der Waals surface area (Å²) in [7, 11) is 1.70. The van der Waals surface area contributed by atoms with Crippen LogP contribution in [-0.2, 0) is 4.79 Å². The van der Waals surface area contributed by atoms with E-state index in [2.05, 4.69) is 34.2 Å². The predicted molar refractivity (Wildman–Crippen MR) is 136 cm³/mol. The lowest BCUT2D eigenvalue weighted by Crippen LogP contribution is -2.47. The summed E-state index contributed by atoms with van der Waals surface area (Å²) in [6, 6.07) is 8.65. The van der Waals surface area contributed by atoms with Gasteiger partial charge in [-0.3, -0.25) is 14.7 Å². The van der Waals surface area contributed by atoms with E-state index in [4.69, 9.17) is 15.5 Å². The number of nitrogens with zero attached hydrogens (tertiary/aromatic N) is 3. The van der Waals surface area contributed by atoms with Crippen molar-refractivity contribution in [2.24, 2.45) is 16.6 Å². The number of amides is 1. The van der Waals surface area contributed by atoms with Gasteiger partial charge in [0.15, 0.2) is 5.96 Å². The van der Waals surface area contributed by atoms with Crippen molar-refractivity contribution in [2.45, 2.75) is 45.1 Å². The Labute approximate surface area is 203 Å². The van der Waals surface area contributed by atoms with Gasteiger partial charge >= 0.3 is 0 Å². The quantitative estimate of drug-likeness (QED) is 0.299. The number of hydrogen-bond donors (Lipinski definition) is 2. The van der Waals surface area contributed by atoms with Crippen molar-refractivity contribution in [3.63, 3.8) is 0 Å². The van der Waals surface area contributed by atoms with Crippen molar-refractivity contribution in [1.29, 1.82) is 0 Å². The fraction of sp³-hybridized carbons (Fsp3) is 0.652. The third kappa shape index (κ3) is 7.52. The molecule has 8 heteroatoms. The zero-order valence-corrected chi connectivity index (χ0v) is 21.2. The van der Waals surface area contributed by atoms with Crippen molar-refractivity contribution < 1.29 is 9.53 Å². The lowest BCUT2D eigenvalue weighted by molar-refractivity contribution is -0.119. The summed E-state index contributed by atoms with van der Waals surface area (Å²) in [4.78, 5) is 21.3. The Morgan fingerprint density at radius 2 is 1.94 bits per heavy atom. The smallest absolute Gasteiger partial charge is 0.217 e. The summed E-state index contributed by atoms with van der Waals surface area (Å²) in [6.07, 6.45) is 5.07. The van der Waals surface area contributed by atoms with Crippen molar-refractivity contribution in [1.82, 2.24) is 15.1 Å². The molecular formula is C23H38IN5O2. The molecule has 3 N–H and O–H groups in total. The van der Waals surface area contributed by atoms with Crippen LogP contribution in [0.1, 0.15) is 50.6 Å². The maximum atomic E-state index is 11.4. The molecule has 0 saturated carbocycles. The van der Waals surface area contributed by atoms with E-state index in [0.717, 1.165) is 57.3 Å². The molecule has 3 rings (SSSR count).